The first-order valence-corrected chi connectivity index (χ1v) is 4.14. The second-order valence-corrected chi connectivity index (χ2v) is 3.82. The zero-order valence-corrected chi connectivity index (χ0v) is 6.45. The number of rotatable bonds is 0. The maximum Gasteiger partial charge on any atom is 0.0558 e. The molecule has 2 heteroatoms. The molecule has 2 bridgehead atoms. The van der Waals surface area contributed by atoms with E-state index >= 15 is 0 Å². The lowest BCUT2D eigenvalue weighted by Gasteiger charge is -2.24. The minimum absolute atomic E-state index is 0.00583. The van der Waals surface area contributed by atoms with Gasteiger partial charge in [0.1, 0.15) is 0 Å². The average molecular weight is 141 g/mol. The van der Waals surface area contributed by atoms with Gasteiger partial charge < -0.3 is 10.0 Å². The van der Waals surface area contributed by atoms with E-state index in [4.69, 9.17) is 0 Å². The molecule has 0 aromatic carbocycles. The molecular formula is C8H15NO. The molecule has 0 amide bonds. The van der Waals surface area contributed by atoms with Gasteiger partial charge in [-0.05, 0) is 32.2 Å². The maximum absolute atomic E-state index is 9.38. The third-order valence-electron chi connectivity index (χ3n) is 2.92. The molecule has 0 aromatic heterocycles. The van der Waals surface area contributed by atoms with Crippen LogP contribution in [0, 0.1) is 5.92 Å². The van der Waals surface area contributed by atoms with Crippen molar-refractivity contribution in [3.05, 3.63) is 0 Å². The van der Waals surface area contributed by atoms with E-state index in [9.17, 15) is 5.11 Å². The number of aliphatic hydroxyl groups is 1. The Hall–Kier alpha value is -0.0800. The highest BCUT2D eigenvalue weighted by molar-refractivity contribution is 4.90. The summed E-state index contributed by atoms with van der Waals surface area (Å²) in [6, 6.07) is 0.689. The lowest BCUT2D eigenvalue weighted by Crippen LogP contribution is -2.29. The van der Waals surface area contributed by atoms with E-state index in [0.29, 0.717) is 6.04 Å². The molecule has 1 saturated heterocycles. The van der Waals surface area contributed by atoms with E-state index in [2.05, 4.69) is 11.9 Å². The predicted molar refractivity (Wildman–Crippen MR) is 39.8 cm³/mol. The standard InChI is InChI=1S/C8H15NO/c1-9-5-6-2-7(9)4-8(10)3-6/h6-8,10H,2-5H2,1H3/t6-,7+,8+/m1/s1. The molecule has 3 atom stereocenters. The molecule has 0 unspecified atom stereocenters. The second kappa shape index (κ2) is 2.21. The summed E-state index contributed by atoms with van der Waals surface area (Å²) < 4.78 is 0. The minimum atomic E-state index is -0.00583. The molecule has 2 rings (SSSR count). The fourth-order valence-electron chi connectivity index (χ4n) is 2.44. The van der Waals surface area contributed by atoms with Crippen molar-refractivity contribution in [2.45, 2.75) is 31.4 Å². The Labute approximate surface area is 61.8 Å². The average Bonchev–Trinajstić information content (AvgIpc) is 2.07. The third-order valence-corrected chi connectivity index (χ3v) is 2.92. The Bertz CT molecular complexity index is 132. The lowest BCUT2D eigenvalue weighted by atomic mass is 9.88. The summed E-state index contributed by atoms with van der Waals surface area (Å²) in [5.41, 5.74) is 0. The van der Waals surface area contributed by atoms with Gasteiger partial charge in [0.05, 0.1) is 6.10 Å². The molecule has 10 heavy (non-hydrogen) atoms. The summed E-state index contributed by atoms with van der Waals surface area (Å²) >= 11 is 0. The van der Waals surface area contributed by atoms with Crippen molar-refractivity contribution >= 4 is 0 Å². The Morgan fingerprint density at radius 1 is 1.30 bits per heavy atom. The second-order valence-electron chi connectivity index (χ2n) is 3.82. The molecule has 1 aliphatic carbocycles. The van der Waals surface area contributed by atoms with Crippen molar-refractivity contribution in [2.75, 3.05) is 13.6 Å². The molecule has 2 fully saturated rings. The molecule has 0 radical (unpaired) electrons. The first-order chi connectivity index (χ1) is 4.75. The minimum Gasteiger partial charge on any atom is -0.393 e. The lowest BCUT2D eigenvalue weighted by molar-refractivity contribution is 0.102. The van der Waals surface area contributed by atoms with Crippen LogP contribution in [0.25, 0.3) is 0 Å². The van der Waals surface area contributed by atoms with Crippen LogP contribution in [-0.4, -0.2) is 35.7 Å². The van der Waals surface area contributed by atoms with Gasteiger partial charge >= 0.3 is 0 Å². The molecule has 0 spiro atoms. The van der Waals surface area contributed by atoms with Crippen LogP contribution >= 0.6 is 0 Å². The van der Waals surface area contributed by atoms with Crippen molar-refractivity contribution in [3.8, 4) is 0 Å². The molecule has 0 aromatic rings. The molecule has 1 saturated carbocycles. The molecule has 1 aliphatic heterocycles. The smallest absolute Gasteiger partial charge is 0.0558 e. The monoisotopic (exact) mass is 141 g/mol. The predicted octanol–water partition coefficient (Wildman–Crippen LogP) is 0.461. The largest absolute Gasteiger partial charge is 0.393 e. The zero-order chi connectivity index (χ0) is 7.14. The number of fused-ring (bicyclic) bond motifs is 2. The summed E-state index contributed by atoms with van der Waals surface area (Å²) in [7, 11) is 2.17. The van der Waals surface area contributed by atoms with Crippen LogP contribution in [0.3, 0.4) is 0 Å². The molecule has 2 aliphatic rings. The van der Waals surface area contributed by atoms with Crippen LogP contribution in [0.5, 0.6) is 0 Å². The summed E-state index contributed by atoms with van der Waals surface area (Å²) in [6.07, 6.45) is 3.37. The molecule has 2 nitrogen and oxygen atoms in total. The van der Waals surface area contributed by atoms with Crippen molar-refractivity contribution < 1.29 is 5.11 Å². The Balaban J connectivity index is 2.06. The van der Waals surface area contributed by atoms with Crippen LogP contribution in [-0.2, 0) is 0 Å². The topological polar surface area (TPSA) is 23.5 Å². The van der Waals surface area contributed by atoms with Gasteiger partial charge in [-0.2, -0.15) is 0 Å². The van der Waals surface area contributed by atoms with E-state index in [1.54, 1.807) is 0 Å². The summed E-state index contributed by atoms with van der Waals surface area (Å²) in [4.78, 5) is 2.39. The van der Waals surface area contributed by atoms with Gasteiger partial charge in [0.15, 0.2) is 0 Å². The van der Waals surface area contributed by atoms with Crippen molar-refractivity contribution in [2.24, 2.45) is 5.92 Å². The van der Waals surface area contributed by atoms with E-state index < -0.39 is 0 Å². The van der Waals surface area contributed by atoms with Gasteiger partial charge in [0, 0.05) is 12.6 Å². The molecule has 1 N–H and O–H groups in total. The summed E-state index contributed by atoms with van der Waals surface area (Å²) in [5.74, 6) is 0.791. The van der Waals surface area contributed by atoms with Crippen molar-refractivity contribution in [3.63, 3.8) is 0 Å². The Morgan fingerprint density at radius 2 is 2.10 bits per heavy atom. The zero-order valence-electron chi connectivity index (χ0n) is 6.45. The molecular weight excluding hydrogens is 126 g/mol. The molecule has 58 valence electrons. The highest BCUT2D eigenvalue weighted by Gasteiger charge is 2.36. The van der Waals surface area contributed by atoms with Crippen LogP contribution in [0.2, 0.25) is 0 Å². The van der Waals surface area contributed by atoms with Crippen LogP contribution < -0.4 is 0 Å². The maximum atomic E-state index is 9.38. The Morgan fingerprint density at radius 3 is 2.80 bits per heavy atom. The normalized spacial score (nSPS) is 48.0. The van der Waals surface area contributed by atoms with E-state index in [-0.39, 0.29) is 6.10 Å². The number of hydrogen-bond donors (Lipinski definition) is 1. The number of hydrogen-bond acceptors (Lipinski definition) is 2. The fraction of sp³-hybridized carbons (Fsp3) is 1.00. The van der Waals surface area contributed by atoms with Gasteiger partial charge in [-0.25, -0.2) is 0 Å². The van der Waals surface area contributed by atoms with Crippen LogP contribution in [0.1, 0.15) is 19.3 Å². The van der Waals surface area contributed by atoms with Crippen LogP contribution in [0.4, 0.5) is 0 Å². The van der Waals surface area contributed by atoms with Gasteiger partial charge in [-0.15, -0.1) is 0 Å². The van der Waals surface area contributed by atoms with E-state index in [1.807, 2.05) is 0 Å². The summed E-state index contributed by atoms with van der Waals surface area (Å²) in [6.45, 7) is 1.21. The van der Waals surface area contributed by atoms with Gasteiger partial charge in [0.2, 0.25) is 0 Å². The van der Waals surface area contributed by atoms with Gasteiger partial charge in [0.25, 0.3) is 0 Å². The van der Waals surface area contributed by atoms with E-state index in [0.717, 1.165) is 18.8 Å². The quantitative estimate of drug-likeness (QED) is 0.530. The van der Waals surface area contributed by atoms with Gasteiger partial charge in [-0.1, -0.05) is 0 Å². The molecule has 1 heterocycles. The first kappa shape index (κ1) is 6.62. The highest BCUT2D eigenvalue weighted by Crippen LogP contribution is 2.34. The van der Waals surface area contributed by atoms with Gasteiger partial charge in [-0.3, -0.25) is 0 Å². The van der Waals surface area contributed by atoms with Crippen molar-refractivity contribution in [1.29, 1.82) is 0 Å². The number of likely N-dealkylation sites (tertiary alicyclic amines) is 1. The number of nitrogens with zero attached hydrogens (tertiary/aromatic N) is 1. The van der Waals surface area contributed by atoms with Crippen LogP contribution in [0.15, 0.2) is 0 Å². The van der Waals surface area contributed by atoms with E-state index in [1.165, 1.54) is 13.0 Å². The van der Waals surface area contributed by atoms with Crippen molar-refractivity contribution in [1.82, 2.24) is 4.90 Å². The first-order valence-electron chi connectivity index (χ1n) is 4.14. The Kier molecular flexibility index (Phi) is 1.46. The fourth-order valence-corrected chi connectivity index (χ4v) is 2.44. The number of aliphatic hydroxyl groups excluding tert-OH is 1. The highest BCUT2D eigenvalue weighted by atomic mass is 16.3. The SMILES string of the molecule is CN1C[C@H]2C[C@H](O)C[C@@H]1C2. The third kappa shape index (κ3) is 0.956. The summed E-state index contributed by atoms with van der Waals surface area (Å²) in [5, 5.41) is 9.38.